The largest absolute Gasteiger partial charge is 0.449 e. The van der Waals surface area contributed by atoms with Gasteiger partial charge in [0, 0.05) is 18.5 Å². The van der Waals surface area contributed by atoms with E-state index in [4.69, 9.17) is 10.5 Å². The highest BCUT2D eigenvalue weighted by molar-refractivity contribution is 5.86. The maximum atomic E-state index is 14.1. The number of alkyl carbamates (subject to hydrolysis) is 1. The Balaban J connectivity index is 1.29. The molecular formula is C34H41N3O3. The van der Waals surface area contributed by atoms with E-state index in [1.54, 1.807) is 0 Å². The Labute approximate surface area is 237 Å². The third-order valence-electron chi connectivity index (χ3n) is 8.38. The third kappa shape index (κ3) is 6.56. The molecule has 0 spiro atoms. The highest BCUT2D eigenvalue weighted by Gasteiger charge is 2.33. The summed E-state index contributed by atoms with van der Waals surface area (Å²) in [5.41, 5.74) is 11.6. The molecule has 2 aliphatic carbocycles. The fraction of sp³-hybridized carbons (Fsp3) is 0.412. The molecule has 6 heteroatoms. The maximum Gasteiger partial charge on any atom is 0.407 e. The number of nitrogens with one attached hydrogen (secondary N) is 1. The van der Waals surface area contributed by atoms with Crippen molar-refractivity contribution < 1.29 is 14.3 Å². The predicted molar refractivity (Wildman–Crippen MR) is 159 cm³/mol. The number of benzene rings is 3. The number of fused-ring (bicyclic) bond motifs is 3. The smallest absolute Gasteiger partial charge is 0.407 e. The van der Waals surface area contributed by atoms with Gasteiger partial charge in [0.25, 0.3) is 0 Å². The molecule has 0 radical (unpaired) electrons. The molecule has 2 aliphatic rings. The van der Waals surface area contributed by atoms with E-state index in [9.17, 15) is 9.59 Å². The van der Waals surface area contributed by atoms with E-state index in [2.05, 4.69) is 41.7 Å². The van der Waals surface area contributed by atoms with Gasteiger partial charge in [0.2, 0.25) is 5.91 Å². The summed E-state index contributed by atoms with van der Waals surface area (Å²) in [4.78, 5) is 29.3. The van der Waals surface area contributed by atoms with Gasteiger partial charge in [-0.3, -0.25) is 4.79 Å². The molecule has 3 aromatic carbocycles. The Kier molecular flexibility index (Phi) is 9.50. The highest BCUT2D eigenvalue weighted by Crippen LogP contribution is 2.44. The summed E-state index contributed by atoms with van der Waals surface area (Å²) in [5, 5.41) is 2.96. The third-order valence-corrected chi connectivity index (χ3v) is 8.38. The lowest BCUT2D eigenvalue weighted by atomic mass is 9.93. The first-order valence-corrected chi connectivity index (χ1v) is 14.8. The fourth-order valence-corrected chi connectivity index (χ4v) is 6.29. The number of nitrogens with zero attached hydrogens (tertiary/aromatic N) is 1. The first-order chi connectivity index (χ1) is 19.7. The van der Waals surface area contributed by atoms with Gasteiger partial charge in [-0.1, -0.05) is 98.1 Å². The second kappa shape index (κ2) is 13.6. The molecule has 3 aromatic rings. The average molecular weight is 540 g/mol. The van der Waals surface area contributed by atoms with Gasteiger partial charge in [-0.25, -0.2) is 4.79 Å². The number of hydrogen-bond donors (Lipinski definition) is 2. The molecule has 0 unspecified atom stereocenters. The van der Waals surface area contributed by atoms with Gasteiger partial charge in [-0.05, 0) is 66.5 Å². The second-order valence-corrected chi connectivity index (χ2v) is 11.1. The van der Waals surface area contributed by atoms with Crippen molar-refractivity contribution in [1.82, 2.24) is 10.2 Å². The first kappa shape index (κ1) is 27.9. The van der Waals surface area contributed by atoms with Crippen LogP contribution in [-0.4, -0.2) is 42.1 Å². The molecule has 1 saturated carbocycles. The number of unbranched alkanes of at least 4 members (excludes halogenated alkanes) is 1. The van der Waals surface area contributed by atoms with Crippen molar-refractivity contribution in [3.63, 3.8) is 0 Å². The van der Waals surface area contributed by atoms with Crippen molar-refractivity contribution in [3.05, 3.63) is 95.6 Å². The van der Waals surface area contributed by atoms with E-state index in [-0.39, 0.29) is 24.5 Å². The van der Waals surface area contributed by atoms with Crippen molar-refractivity contribution in [3.8, 4) is 11.1 Å². The Hall–Kier alpha value is -3.64. The molecule has 0 aliphatic heterocycles. The average Bonchev–Trinajstić information content (AvgIpc) is 3.32. The van der Waals surface area contributed by atoms with Crippen LogP contribution < -0.4 is 11.1 Å². The molecule has 6 nitrogen and oxygen atoms in total. The van der Waals surface area contributed by atoms with Crippen LogP contribution in [0.25, 0.3) is 11.1 Å². The highest BCUT2D eigenvalue weighted by atomic mass is 16.5. The second-order valence-electron chi connectivity index (χ2n) is 11.1. The zero-order chi connectivity index (χ0) is 27.7. The molecule has 2 amide bonds. The quantitative estimate of drug-likeness (QED) is 0.277. The number of carbonyl (C=O) groups excluding carboxylic acids is 2. The van der Waals surface area contributed by atoms with Crippen LogP contribution in [0.5, 0.6) is 0 Å². The number of hydrogen-bond acceptors (Lipinski definition) is 4. The minimum Gasteiger partial charge on any atom is -0.449 e. The molecule has 5 rings (SSSR count). The molecular weight excluding hydrogens is 498 g/mol. The van der Waals surface area contributed by atoms with Crippen LogP contribution in [0, 0.1) is 0 Å². The molecule has 0 aromatic heterocycles. The molecule has 0 saturated heterocycles. The van der Waals surface area contributed by atoms with Crippen LogP contribution in [0.4, 0.5) is 4.79 Å². The number of nitrogens with two attached hydrogens (primary N) is 1. The lowest BCUT2D eigenvalue weighted by molar-refractivity contribution is -0.137. The first-order valence-electron chi connectivity index (χ1n) is 14.8. The van der Waals surface area contributed by atoms with Gasteiger partial charge in [0.05, 0.1) is 0 Å². The summed E-state index contributed by atoms with van der Waals surface area (Å²) in [5.74, 6) is -0.0531. The van der Waals surface area contributed by atoms with Crippen LogP contribution in [-0.2, 0) is 16.1 Å². The molecule has 40 heavy (non-hydrogen) atoms. The summed E-state index contributed by atoms with van der Waals surface area (Å²) >= 11 is 0. The van der Waals surface area contributed by atoms with E-state index in [0.29, 0.717) is 19.5 Å². The van der Waals surface area contributed by atoms with Gasteiger partial charge in [0.1, 0.15) is 12.6 Å². The molecule has 3 N–H and O–H groups in total. The Bertz CT molecular complexity index is 1230. The summed E-state index contributed by atoms with van der Waals surface area (Å²) in [7, 11) is 0. The zero-order valence-corrected chi connectivity index (χ0v) is 23.3. The minimum absolute atomic E-state index is 0.0265. The van der Waals surface area contributed by atoms with Gasteiger partial charge < -0.3 is 20.7 Å². The summed E-state index contributed by atoms with van der Waals surface area (Å²) in [6.07, 6.45) is 7.02. The van der Waals surface area contributed by atoms with Crippen LogP contribution in [0.1, 0.15) is 74.0 Å². The Morgan fingerprint density at radius 1 is 0.850 bits per heavy atom. The van der Waals surface area contributed by atoms with Gasteiger partial charge >= 0.3 is 6.09 Å². The monoisotopic (exact) mass is 539 g/mol. The van der Waals surface area contributed by atoms with Crippen LogP contribution >= 0.6 is 0 Å². The lowest BCUT2D eigenvalue weighted by Gasteiger charge is -2.37. The maximum absolute atomic E-state index is 14.1. The van der Waals surface area contributed by atoms with E-state index in [0.717, 1.165) is 44.1 Å². The summed E-state index contributed by atoms with van der Waals surface area (Å²) in [6.45, 7) is 1.33. The molecule has 0 heterocycles. The van der Waals surface area contributed by atoms with E-state index in [1.807, 2.05) is 47.4 Å². The standard InChI is InChI=1S/C34H41N3O3/c35-22-12-11-21-32(33(38)37(26-15-5-2-6-16-26)23-25-13-3-1-4-14-25)36-34(39)40-24-31-29-19-9-7-17-27(29)28-18-8-10-20-30(28)31/h1,3-4,7-10,13-14,17-20,26,31-32H,2,5-6,11-12,15-16,21-24,35H2,(H,36,39)/t32-/m0/s1. The summed E-state index contributed by atoms with van der Waals surface area (Å²) in [6, 6.07) is 26.2. The number of rotatable bonds is 11. The predicted octanol–water partition coefficient (Wildman–Crippen LogP) is 6.38. The fourth-order valence-electron chi connectivity index (χ4n) is 6.29. The number of amides is 2. The van der Waals surface area contributed by atoms with E-state index < -0.39 is 12.1 Å². The van der Waals surface area contributed by atoms with Gasteiger partial charge in [0.15, 0.2) is 0 Å². The Morgan fingerprint density at radius 3 is 2.12 bits per heavy atom. The van der Waals surface area contributed by atoms with Crippen molar-refractivity contribution in [2.24, 2.45) is 5.73 Å². The normalized spacial score (nSPS) is 15.6. The number of carbonyl (C=O) groups is 2. The van der Waals surface area contributed by atoms with Crippen molar-refractivity contribution in [1.29, 1.82) is 0 Å². The van der Waals surface area contributed by atoms with Crippen LogP contribution in [0.15, 0.2) is 78.9 Å². The Morgan fingerprint density at radius 2 is 1.48 bits per heavy atom. The number of ether oxygens (including phenoxy) is 1. The van der Waals surface area contributed by atoms with Crippen LogP contribution in [0.2, 0.25) is 0 Å². The molecule has 0 bridgehead atoms. The van der Waals surface area contributed by atoms with Crippen LogP contribution in [0.3, 0.4) is 0 Å². The molecule has 210 valence electrons. The molecule has 1 fully saturated rings. The van der Waals surface area contributed by atoms with Gasteiger partial charge in [-0.2, -0.15) is 0 Å². The summed E-state index contributed by atoms with van der Waals surface area (Å²) < 4.78 is 5.82. The van der Waals surface area contributed by atoms with Gasteiger partial charge in [-0.15, -0.1) is 0 Å². The van der Waals surface area contributed by atoms with Crippen molar-refractivity contribution >= 4 is 12.0 Å². The van der Waals surface area contributed by atoms with Crippen molar-refractivity contribution in [2.75, 3.05) is 13.2 Å². The molecule has 1 atom stereocenters. The minimum atomic E-state index is -0.646. The topological polar surface area (TPSA) is 84.7 Å². The van der Waals surface area contributed by atoms with Crippen molar-refractivity contribution in [2.45, 2.75) is 75.9 Å². The lowest BCUT2D eigenvalue weighted by Crippen LogP contribution is -2.52. The zero-order valence-electron chi connectivity index (χ0n) is 23.3. The van der Waals surface area contributed by atoms with E-state index >= 15 is 0 Å². The SMILES string of the molecule is NCCCC[C@H](NC(=O)OCC1c2ccccc2-c2ccccc21)C(=O)N(Cc1ccccc1)C1CCCCC1. The van der Waals surface area contributed by atoms with E-state index in [1.165, 1.54) is 28.7 Å².